The maximum atomic E-state index is 12.9. The molecule has 2 aromatic carbocycles. The van der Waals surface area contributed by atoms with Gasteiger partial charge in [-0.15, -0.1) is 0 Å². The number of alkyl halides is 3. The predicted molar refractivity (Wildman–Crippen MR) is 190 cm³/mol. The lowest BCUT2D eigenvalue weighted by atomic mass is 10.1. The Morgan fingerprint density at radius 1 is 0.923 bits per heavy atom. The smallest absolute Gasteiger partial charge is 0.422 e. The summed E-state index contributed by atoms with van der Waals surface area (Å²) >= 11 is 0. The lowest BCUT2D eigenvalue weighted by Gasteiger charge is -2.37. The fourth-order valence-corrected chi connectivity index (χ4v) is 5.37. The van der Waals surface area contributed by atoms with Crippen molar-refractivity contribution in [1.29, 1.82) is 0 Å². The molecule has 0 radical (unpaired) electrons. The van der Waals surface area contributed by atoms with E-state index < -0.39 is 24.4 Å². The van der Waals surface area contributed by atoms with E-state index in [4.69, 9.17) is 18.9 Å². The number of nitrogens with one attached hydrogen (secondary N) is 2. The van der Waals surface area contributed by atoms with Gasteiger partial charge < -0.3 is 34.5 Å². The molecule has 3 aromatic rings. The van der Waals surface area contributed by atoms with Crippen molar-refractivity contribution in [3.63, 3.8) is 0 Å². The van der Waals surface area contributed by atoms with Crippen LogP contribution in [0.25, 0.3) is 5.70 Å². The largest absolute Gasteiger partial charge is 0.490 e. The number of aromatic nitrogens is 3. The second-order valence-corrected chi connectivity index (χ2v) is 13.5. The summed E-state index contributed by atoms with van der Waals surface area (Å²) in [6, 6.07) is 14.6. The monoisotopic (exact) mass is 725 g/mol. The number of hydrogen-bond donors (Lipinski definition) is 2. The van der Waals surface area contributed by atoms with Crippen LogP contribution in [0.4, 0.5) is 23.9 Å². The molecule has 5 aliphatic rings. The Hall–Kier alpha value is -4.89. The molecule has 6 heterocycles. The first kappa shape index (κ1) is 38.3. The maximum Gasteiger partial charge on any atom is 0.422 e. The van der Waals surface area contributed by atoms with Crippen molar-refractivity contribution in [1.82, 2.24) is 30.1 Å². The summed E-state index contributed by atoms with van der Waals surface area (Å²) in [6.07, 6.45) is -0.979. The van der Waals surface area contributed by atoms with Crippen LogP contribution < -0.4 is 20.1 Å². The highest BCUT2D eigenvalue weighted by molar-refractivity contribution is 5.68. The molecule has 15 heteroatoms. The summed E-state index contributed by atoms with van der Waals surface area (Å²) < 4.78 is 61.3. The van der Waals surface area contributed by atoms with E-state index in [1.54, 1.807) is 4.90 Å². The van der Waals surface area contributed by atoms with Crippen LogP contribution >= 0.6 is 0 Å². The molecule has 1 aromatic heterocycles. The number of hydrogen-bond acceptors (Lipinski definition) is 11. The predicted octanol–water partition coefficient (Wildman–Crippen LogP) is 5.46. The van der Waals surface area contributed by atoms with Crippen LogP contribution in [0, 0.1) is 0 Å². The van der Waals surface area contributed by atoms with Gasteiger partial charge in [-0.25, -0.2) is 4.79 Å². The molecule has 8 rings (SSSR count). The third-order valence-electron chi connectivity index (χ3n) is 8.03. The minimum absolute atomic E-state index is 0.0954. The van der Waals surface area contributed by atoms with Crippen molar-refractivity contribution < 1.29 is 36.9 Å². The number of benzene rings is 2. The number of ether oxygens (including phenoxy) is 4. The first-order chi connectivity index (χ1) is 24.8. The lowest BCUT2D eigenvalue weighted by molar-refractivity contribution is -0.154. The van der Waals surface area contributed by atoms with Gasteiger partial charge >= 0.3 is 18.3 Å². The van der Waals surface area contributed by atoms with Crippen molar-refractivity contribution in [3.05, 3.63) is 89.8 Å². The third-order valence-corrected chi connectivity index (χ3v) is 8.03. The molecule has 1 unspecified atom stereocenters. The van der Waals surface area contributed by atoms with Gasteiger partial charge in [0, 0.05) is 57.9 Å². The quantitative estimate of drug-likeness (QED) is 0.334. The van der Waals surface area contributed by atoms with Gasteiger partial charge in [-0.1, -0.05) is 49.1 Å². The van der Waals surface area contributed by atoms with E-state index in [1.165, 1.54) is 0 Å². The molecule has 6 bridgehead atoms. The molecule has 1 fully saturated rings. The molecule has 0 saturated carbocycles. The molecule has 0 spiro atoms. The van der Waals surface area contributed by atoms with E-state index in [0.717, 1.165) is 16.7 Å². The Balaban J connectivity index is 1.29. The van der Waals surface area contributed by atoms with Crippen LogP contribution in [0.1, 0.15) is 43.3 Å². The van der Waals surface area contributed by atoms with Gasteiger partial charge in [-0.2, -0.15) is 28.1 Å². The van der Waals surface area contributed by atoms with Crippen LogP contribution in [0.2, 0.25) is 0 Å². The van der Waals surface area contributed by atoms with Gasteiger partial charge in [0.05, 0.1) is 12.7 Å². The highest BCUT2D eigenvalue weighted by Crippen LogP contribution is 2.20. The van der Waals surface area contributed by atoms with E-state index in [2.05, 4.69) is 37.1 Å². The van der Waals surface area contributed by atoms with Gasteiger partial charge in [0.2, 0.25) is 5.95 Å². The SMILES string of the molecule is C=C1NCC(CN2CCN(C(=O)OC(C)(C)C)CC2)OC/C=C/COc2ccc(cc2)CNc2nc(nc(OCC(F)(F)F)n2)Cc2ccc1cc2. The summed E-state index contributed by atoms with van der Waals surface area (Å²) in [5, 5.41) is 6.47. The molecule has 1 saturated heterocycles. The van der Waals surface area contributed by atoms with E-state index in [1.807, 2.05) is 81.5 Å². The van der Waals surface area contributed by atoms with E-state index >= 15 is 0 Å². The van der Waals surface area contributed by atoms with E-state index in [9.17, 15) is 18.0 Å². The Labute approximate surface area is 302 Å². The van der Waals surface area contributed by atoms with Crippen LogP contribution in [-0.4, -0.2) is 108 Å². The van der Waals surface area contributed by atoms with Gasteiger partial charge in [0.15, 0.2) is 6.61 Å². The summed E-state index contributed by atoms with van der Waals surface area (Å²) in [7, 11) is 0. The Kier molecular flexibility index (Phi) is 12.9. The van der Waals surface area contributed by atoms with Crippen LogP contribution in [0.3, 0.4) is 0 Å². The van der Waals surface area contributed by atoms with Gasteiger partial charge in [0.25, 0.3) is 0 Å². The van der Waals surface area contributed by atoms with Crippen LogP contribution in [0.15, 0.2) is 67.3 Å². The van der Waals surface area contributed by atoms with Crippen LogP contribution in [-0.2, 0) is 22.4 Å². The van der Waals surface area contributed by atoms with E-state index in [-0.39, 0.29) is 30.4 Å². The molecule has 2 N–H and O–H groups in total. The summed E-state index contributed by atoms with van der Waals surface area (Å²) in [6.45, 7) is 13.0. The minimum Gasteiger partial charge on any atom is -0.490 e. The number of halogens is 3. The summed E-state index contributed by atoms with van der Waals surface area (Å²) in [5.41, 5.74) is 2.73. The van der Waals surface area contributed by atoms with Crippen LogP contribution in [0.5, 0.6) is 11.8 Å². The summed E-state index contributed by atoms with van der Waals surface area (Å²) in [4.78, 5) is 29.2. The number of piperazine rings is 1. The maximum absolute atomic E-state index is 12.9. The molecule has 280 valence electrons. The third kappa shape index (κ3) is 12.7. The zero-order chi connectivity index (χ0) is 37.1. The van der Waals surface area contributed by atoms with E-state index in [0.29, 0.717) is 70.5 Å². The number of rotatable bonds is 4. The molecular weight excluding hydrogens is 679 g/mol. The first-order valence-electron chi connectivity index (χ1n) is 17.2. The van der Waals surface area contributed by atoms with Crippen molar-refractivity contribution in [2.75, 3.05) is 64.4 Å². The summed E-state index contributed by atoms with van der Waals surface area (Å²) in [5.74, 6) is 1.02. The molecule has 12 nitrogen and oxygen atoms in total. The highest BCUT2D eigenvalue weighted by Gasteiger charge is 2.30. The van der Waals surface area contributed by atoms with Gasteiger partial charge in [0.1, 0.15) is 23.8 Å². The van der Waals surface area contributed by atoms with Gasteiger partial charge in [-0.05, 0) is 55.7 Å². The fourth-order valence-electron chi connectivity index (χ4n) is 5.37. The minimum atomic E-state index is -4.55. The number of carbonyl (C=O) groups is 1. The Bertz CT molecular complexity index is 1660. The number of carbonyl (C=O) groups excluding carboxylic acids is 1. The first-order valence-corrected chi connectivity index (χ1v) is 17.2. The highest BCUT2D eigenvalue weighted by atomic mass is 19.4. The second kappa shape index (κ2) is 17.6. The van der Waals surface area contributed by atoms with Crippen molar-refractivity contribution >= 4 is 17.7 Å². The van der Waals surface area contributed by atoms with Crippen molar-refractivity contribution in [2.24, 2.45) is 0 Å². The normalized spacial score (nSPS) is 18.8. The molecular formula is C37H46F3N7O5. The fraction of sp³-hybridized carbons (Fsp3) is 0.459. The molecule has 5 aliphatic heterocycles. The molecule has 0 aliphatic carbocycles. The lowest BCUT2D eigenvalue weighted by Crippen LogP contribution is -2.52. The Morgan fingerprint density at radius 3 is 2.31 bits per heavy atom. The topological polar surface area (TPSA) is 123 Å². The average Bonchev–Trinajstić information content (AvgIpc) is 3.09. The van der Waals surface area contributed by atoms with Gasteiger partial charge in [-0.3, -0.25) is 4.90 Å². The molecule has 1 amide bonds. The molecule has 52 heavy (non-hydrogen) atoms. The second-order valence-electron chi connectivity index (χ2n) is 13.5. The van der Waals surface area contributed by atoms with Crippen molar-refractivity contribution in [3.8, 4) is 11.8 Å². The number of anilines is 1. The molecule has 1 atom stereocenters. The Morgan fingerprint density at radius 2 is 1.62 bits per heavy atom. The standard InChI is InChI=1S/C37H46F3N7O5/c1-26-29-11-7-27(8-12-29)21-32-43-33(45-34(44-32)51-25-37(38,39)40)42-22-28-9-13-30(14-10-28)49-19-5-6-20-50-31(23-41-26)24-46-15-17-47(18-16-46)35(48)52-36(2,3)4/h5-14,31,41H,1,15-25H2,2-4H3,(H,42,43,44,45)/b6-5+. The zero-order valence-corrected chi connectivity index (χ0v) is 29.7. The number of amides is 1. The van der Waals surface area contributed by atoms with Crippen molar-refractivity contribution in [2.45, 2.75) is 51.6 Å². The zero-order valence-electron chi connectivity index (χ0n) is 29.7. The number of nitrogens with zero attached hydrogens (tertiary/aromatic N) is 5. The average molecular weight is 726 g/mol.